The van der Waals surface area contributed by atoms with Crippen LogP contribution >= 0.6 is 0 Å². The van der Waals surface area contributed by atoms with Crippen molar-refractivity contribution < 1.29 is 14.6 Å². The summed E-state index contributed by atoms with van der Waals surface area (Å²) in [4.78, 5) is 0. The van der Waals surface area contributed by atoms with E-state index in [1.165, 1.54) is 0 Å². The summed E-state index contributed by atoms with van der Waals surface area (Å²) in [6.45, 7) is 0.0921. The molecule has 0 amide bonds. The van der Waals surface area contributed by atoms with Crippen LogP contribution < -0.4 is 0 Å². The van der Waals surface area contributed by atoms with Crippen molar-refractivity contribution in [2.45, 2.75) is 12.4 Å². The monoisotopic (exact) mass is 128 g/mol. The number of aliphatic hydroxyl groups is 1. The van der Waals surface area contributed by atoms with Gasteiger partial charge >= 0.3 is 0 Å². The van der Waals surface area contributed by atoms with Crippen LogP contribution in [0.25, 0.3) is 0 Å². The molecule has 0 aromatic rings. The molecule has 3 unspecified atom stereocenters. The first kappa shape index (κ1) is 5.26. The smallest absolute Gasteiger partial charge is 0.208 e. The predicted octanol–water partition coefficient (Wildman–Crippen LogP) is -0.136. The molecule has 0 aromatic carbocycles. The van der Waals surface area contributed by atoms with Crippen LogP contribution in [0.15, 0.2) is 12.3 Å². The zero-order chi connectivity index (χ0) is 6.27. The van der Waals surface area contributed by atoms with Crippen molar-refractivity contribution in [1.82, 2.24) is 0 Å². The third kappa shape index (κ3) is 0.587. The van der Waals surface area contributed by atoms with Gasteiger partial charge in [0.2, 0.25) is 6.29 Å². The molecule has 3 atom stereocenters. The highest BCUT2D eigenvalue weighted by Crippen LogP contribution is 2.34. The molecule has 0 saturated carbocycles. The van der Waals surface area contributed by atoms with Gasteiger partial charge in [-0.3, -0.25) is 0 Å². The van der Waals surface area contributed by atoms with Gasteiger partial charge in [-0.2, -0.15) is 0 Å². The number of fused-ring (bicyclic) bond motifs is 1. The number of hydrogen-bond acceptors (Lipinski definition) is 3. The van der Waals surface area contributed by atoms with Crippen molar-refractivity contribution in [3.8, 4) is 0 Å². The van der Waals surface area contributed by atoms with Gasteiger partial charge in [-0.25, -0.2) is 0 Å². The van der Waals surface area contributed by atoms with Crippen LogP contribution in [0.3, 0.4) is 0 Å². The van der Waals surface area contributed by atoms with E-state index in [0.29, 0.717) is 5.92 Å². The Kier molecular flexibility index (Phi) is 1.00. The molecule has 1 saturated heterocycles. The summed E-state index contributed by atoms with van der Waals surface area (Å²) in [5.41, 5.74) is 0. The maximum absolute atomic E-state index is 8.62. The fourth-order valence-corrected chi connectivity index (χ4v) is 1.16. The fourth-order valence-electron chi connectivity index (χ4n) is 1.16. The number of rotatable bonds is 1. The highest BCUT2D eigenvalue weighted by atomic mass is 16.7. The Balaban J connectivity index is 2.00. The lowest BCUT2D eigenvalue weighted by Gasteiger charge is -2.37. The zero-order valence-electron chi connectivity index (χ0n) is 4.86. The maximum Gasteiger partial charge on any atom is 0.208 e. The average molecular weight is 128 g/mol. The maximum atomic E-state index is 8.62. The Bertz CT molecular complexity index is 143. The summed E-state index contributed by atoms with van der Waals surface area (Å²) < 4.78 is 10.0. The SMILES string of the molecule is OCC1OC2OC=CC12. The van der Waals surface area contributed by atoms with Crippen molar-refractivity contribution in [2.75, 3.05) is 6.61 Å². The van der Waals surface area contributed by atoms with Gasteiger partial charge in [0.05, 0.1) is 24.9 Å². The third-order valence-corrected chi connectivity index (χ3v) is 1.75. The summed E-state index contributed by atoms with van der Waals surface area (Å²) in [5.74, 6) is 0.301. The molecule has 1 N–H and O–H groups in total. The fraction of sp³-hybridized carbons (Fsp3) is 0.667. The van der Waals surface area contributed by atoms with Crippen LogP contribution in [0.1, 0.15) is 0 Å². The van der Waals surface area contributed by atoms with Crippen LogP contribution in [-0.2, 0) is 9.47 Å². The lowest BCUT2D eigenvalue weighted by Crippen LogP contribution is -2.48. The molecule has 3 heteroatoms. The second-order valence-corrected chi connectivity index (χ2v) is 2.27. The standard InChI is InChI=1S/C6H8O3/c7-3-5-4-1-2-8-6(4)9-5/h1-2,4-7H,3H2. The van der Waals surface area contributed by atoms with E-state index < -0.39 is 0 Å². The van der Waals surface area contributed by atoms with Crippen LogP contribution in [0.2, 0.25) is 0 Å². The van der Waals surface area contributed by atoms with Crippen molar-refractivity contribution in [3.63, 3.8) is 0 Å². The van der Waals surface area contributed by atoms with Gasteiger partial charge in [-0.1, -0.05) is 0 Å². The first-order valence-corrected chi connectivity index (χ1v) is 3.00. The molecule has 0 bridgehead atoms. The molecule has 2 rings (SSSR count). The molecule has 1 fully saturated rings. The molecule has 0 aromatic heterocycles. The lowest BCUT2D eigenvalue weighted by atomic mass is 9.98. The largest absolute Gasteiger partial charge is 0.472 e. The van der Waals surface area contributed by atoms with E-state index in [0.717, 1.165) is 0 Å². The van der Waals surface area contributed by atoms with E-state index in [4.69, 9.17) is 14.6 Å². The van der Waals surface area contributed by atoms with Crippen LogP contribution in [0, 0.1) is 5.92 Å². The molecular weight excluding hydrogens is 120 g/mol. The number of ether oxygens (including phenoxy) is 2. The van der Waals surface area contributed by atoms with Gasteiger partial charge in [0.1, 0.15) is 0 Å². The molecule has 3 nitrogen and oxygen atoms in total. The molecule has 2 aliphatic rings. The van der Waals surface area contributed by atoms with Gasteiger partial charge in [-0.05, 0) is 6.08 Å². The molecule has 0 aliphatic carbocycles. The van der Waals surface area contributed by atoms with E-state index in [-0.39, 0.29) is 19.0 Å². The van der Waals surface area contributed by atoms with Crippen molar-refractivity contribution in [3.05, 3.63) is 12.3 Å². The summed E-state index contributed by atoms with van der Waals surface area (Å²) in [6.07, 6.45) is 3.44. The van der Waals surface area contributed by atoms with Gasteiger partial charge in [0.15, 0.2) is 0 Å². The molecule has 9 heavy (non-hydrogen) atoms. The highest BCUT2D eigenvalue weighted by Gasteiger charge is 2.44. The van der Waals surface area contributed by atoms with Gasteiger partial charge in [0.25, 0.3) is 0 Å². The Morgan fingerprint density at radius 2 is 2.44 bits per heavy atom. The van der Waals surface area contributed by atoms with Gasteiger partial charge in [-0.15, -0.1) is 0 Å². The lowest BCUT2D eigenvalue weighted by molar-refractivity contribution is -0.262. The molecule has 2 heterocycles. The Morgan fingerprint density at radius 1 is 1.56 bits per heavy atom. The summed E-state index contributed by atoms with van der Waals surface area (Å²) in [7, 11) is 0. The summed E-state index contributed by atoms with van der Waals surface area (Å²) >= 11 is 0. The first-order chi connectivity index (χ1) is 4.42. The summed E-state index contributed by atoms with van der Waals surface area (Å²) in [5, 5.41) is 8.62. The van der Waals surface area contributed by atoms with E-state index in [1.807, 2.05) is 6.08 Å². The van der Waals surface area contributed by atoms with E-state index in [9.17, 15) is 0 Å². The van der Waals surface area contributed by atoms with Crippen LogP contribution in [-0.4, -0.2) is 24.1 Å². The average Bonchev–Trinajstić information content (AvgIpc) is 2.14. The van der Waals surface area contributed by atoms with Crippen molar-refractivity contribution in [1.29, 1.82) is 0 Å². The van der Waals surface area contributed by atoms with Crippen molar-refractivity contribution in [2.24, 2.45) is 5.92 Å². The molecule has 2 aliphatic heterocycles. The molecular formula is C6H8O3. The van der Waals surface area contributed by atoms with Crippen LogP contribution in [0.5, 0.6) is 0 Å². The first-order valence-electron chi connectivity index (χ1n) is 3.00. The second kappa shape index (κ2) is 1.72. The van der Waals surface area contributed by atoms with Gasteiger partial charge < -0.3 is 14.6 Å². The normalized spacial score (nSPS) is 45.7. The quantitative estimate of drug-likeness (QED) is 0.534. The summed E-state index contributed by atoms with van der Waals surface area (Å²) in [6, 6.07) is 0. The van der Waals surface area contributed by atoms with Gasteiger partial charge in [0, 0.05) is 0 Å². The predicted molar refractivity (Wildman–Crippen MR) is 29.5 cm³/mol. The minimum atomic E-state index is -0.0952. The Hall–Kier alpha value is -0.540. The second-order valence-electron chi connectivity index (χ2n) is 2.27. The minimum Gasteiger partial charge on any atom is -0.472 e. The van der Waals surface area contributed by atoms with E-state index in [2.05, 4.69) is 0 Å². The topological polar surface area (TPSA) is 38.7 Å². The van der Waals surface area contributed by atoms with E-state index >= 15 is 0 Å². The van der Waals surface area contributed by atoms with E-state index in [1.54, 1.807) is 6.26 Å². The van der Waals surface area contributed by atoms with Crippen LogP contribution in [0.4, 0.5) is 0 Å². The zero-order valence-corrected chi connectivity index (χ0v) is 4.86. The highest BCUT2D eigenvalue weighted by molar-refractivity contribution is 5.02. The number of hydrogen-bond donors (Lipinski definition) is 1. The Labute approximate surface area is 52.9 Å². The van der Waals surface area contributed by atoms with Crippen molar-refractivity contribution >= 4 is 0 Å². The molecule has 0 spiro atoms. The molecule has 50 valence electrons. The molecule has 0 radical (unpaired) electrons. The Morgan fingerprint density at radius 3 is 3.11 bits per heavy atom. The number of aliphatic hydroxyl groups excluding tert-OH is 1. The minimum absolute atomic E-state index is 0.0197. The third-order valence-electron chi connectivity index (χ3n) is 1.75.